The molecule has 1 N–H and O–H groups in total. The van der Waals surface area contributed by atoms with E-state index in [0.717, 1.165) is 30.8 Å². The standard InChI is InChI=1S/C14H25N3O/c1-15-14(18)10-16-5-4-12-7-17(6-11-2-3-11)9-13(12)8-16/h11-13H,2-10H2,1H3,(H,15,18)/t12-,13+/m0/s1. The lowest BCUT2D eigenvalue weighted by molar-refractivity contribution is -0.122. The lowest BCUT2D eigenvalue weighted by atomic mass is 9.89. The van der Waals surface area contributed by atoms with Crippen molar-refractivity contribution >= 4 is 5.91 Å². The van der Waals surface area contributed by atoms with Gasteiger partial charge in [-0.05, 0) is 43.6 Å². The lowest BCUT2D eigenvalue weighted by Gasteiger charge is -2.33. The largest absolute Gasteiger partial charge is 0.358 e. The van der Waals surface area contributed by atoms with Crippen molar-refractivity contribution in [2.75, 3.05) is 46.3 Å². The summed E-state index contributed by atoms with van der Waals surface area (Å²) in [5, 5.41) is 2.72. The number of carbonyl (C=O) groups excluding carboxylic acids is 1. The smallest absolute Gasteiger partial charge is 0.233 e. The molecule has 1 saturated carbocycles. The molecule has 102 valence electrons. The lowest BCUT2D eigenvalue weighted by Crippen LogP contribution is -2.44. The fraction of sp³-hybridized carbons (Fsp3) is 0.929. The highest BCUT2D eigenvalue weighted by Gasteiger charge is 2.38. The van der Waals surface area contributed by atoms with Gasteiger partial charge in [-0.3, -0.25) is 9.69 Å². The van der Waals surface area contributed by atoms with Gasteiger partial charge in [0.15, 0.2) is 0 Å². The highest BCUT2D eigenvalue weighted by Crippen LogP contribution is 2.35. The van der Waals surface area contributed by atoms with Gasteiger partial charge in [0.1, 0.15) is 0 Å². The van der Waals surface area contributed by atoms with Gasteiger partial charge < -0.3 is 10.2 Å². The van der Waals surface area contributed by atoms with Gasteiger partial charge >= 0.3 is 0 Å². The molecule has 4 nitrogen and oxygen atoms in total. The van der Waals surface area contributed by atoms with Crippen LogP contribution in [0.25, 0.3) is 0 Å². The minimum Gasteiger partial charge on any atom is -0.358 e. The Hall–Kier alpha value is -0.610. The summed E-state index contributed by atoms with van der Waals surface area (Å²) in [5.74, 6) is 2.86. The van der Waals surface area contributed by atoms with E-state index in [2.05, 4.69) is 15.1 Å². The topological polar surface area (TPSA) is 35.6 Å². The number of nitrogens with one attached hydrogen (secondary N) is 1. The first-order valence-corrected chi connectivity index (χ1v) is 7.40. The zero-order valence-corrected chi connectivity index (χ0v) is 11.4. The third-order valence-electron chi connectivity index (χ3n) is 4.82. The van der Waals surface area contributed by atoms with Crippen molar-refractivity contribution in [3.05, 3.63) is 0 Å². The van der Waals surface area contributed by atoms with Crippen LogP contribution in [-0.2, 0) is 4.79 Å². The second kappa shape index (κ2) is 5.17. The van der Waals surface area contributed by atoms with Crippen LogP contribution in [0.5, 0.6) is 0 Å². The number of amides is 1. The van der Waals surface area contributed by atoms with Gasteiger partial charge in [-0.25, -0.2) is 0 Å². The second-order valence-electron chi connectivity index (χ2n) is 6.38. The van der Waals surface area contributed by atoms with Gasteiger partial charge in [0, 0.05) is 33.2 Å². The second-order valence-corrected chi connectivity index (χ2v) is 6.38. The monoisotopic (exact) mass is 251 g/mol. The fourth-order valence-electron chi connectivity index (χ4n) is 3.58. The Morgan fingerprint density at radius 3 is 2.56 bits per heavy atom. The van der Waals surface area contributed by atoms with E-state index in [-0.39, 0.29) is 5.91 Å². The Morgan fingerprint density at radius 1 is 1.11 bits per heavy atom. The summed E-state index contributed by atoms with van der Waals surface area (Å²) in [6, 6.07) is 0. The predicted molar refractivity (Wildman–Crippen MR) is 71.3 cm³/mol. The van der Waals surface area contributed by atoms with E-state index in [1.54, 1.807) is 7.05 Å². The van der Waals surface area contributed by atoms with Crippen LogP contribution >= 0.6 is 0 Å². The van der Waals surface area contributed by atoms with Crippen LogP contribution in [0.4, 0.5) is 0 Å². The summed E-state index contributed by atoms with van der Waals surface area (Å²) in [7, 11) is 1.72. The van der Waals surface area contributed by atoms with Gasteiger partial charge in [0.05, 0.1) is 6.54 Å². The summed E-state index contributed by atoms with van der Waals surface area (Å²) < 4.78 is 0. The molecule has 0 unspecified atom stereocenters. The van der Waals surface area contributed by atoms with Crippen LogP contribution in [0.15, 0.2) is 0 Å². The number of hydrogen-bond acceptors (Lipinski definition) is 3. The molecule has 1 amide bonds. The molecule has 2 aliphatic heterocycles. The van der Waals surface area contributed by atoms with Crippen LogP contribution in [-0.4, -0.2) is 62.0 Å². The molecule has 0 aromatic carbocycles. The molecular weight excluding hydrogens is 226 g/mol. The number of likely N-dealkylation sites (N-methyl/N-ethyl adjacent to an activating group) is 1. The maximum atomic E-state index is 11.4. The average Bonchev–Trinajstić information content (AvgIpc) is 3.07. The molecule has 0 bridgehead atoms. The molecular formula is C14H25N3O. The molecule has 2 atom stereocenters. The molecule has 0 spiro atoms. The van der Waals surface area contributed by atoms with Crippen molar-refractivity contribution in [2.24, 2.45) is 17.8 Å². The van der Waals surface area contributed by atoms with Crippen LogP contribution in [0, 0.1) is 17.8 Å². The third-order valence-corrected chi connectivity index (χ3v) is 4.82. The molecule has 0 aromatic heterocycles. The Balaban J connectivity index is 1.48. The third kappa shape index (κ3) is 2.86. The number of hydrogen-bond donors (Lipinski definition) is 1. The Bertz CT molecular complexity index is 316. The number of carbonyl (C=O) groups is 1. The van der Waals surface area contributed by atoms with Crippen molar-refractivity contribution < 1.29 is 4.79 Å². The summed E-state index contributed by atoms with van der Waals surface area (Å²) in [5.41, 5.74) is 0. The van der Waals surface area contributed by atoms with Gasteiger partial charge in [-0.15, -0.1) is 0 Å². The first kappa shape index (κ1) is 12.4. The van der Waals surface area contributed by atoms with E-state index in [4.69, 9.17) is 0 Å². The van der Waals surface area contributed by atoms with E-state index in [0.29, 0.717) is 6.54 Å². The van der Waals surface area contributed by atoms with Crippen molar-refractivity contribution in [3.63, 3.8) is 0 Å². The zero-order chi connectivity index (χ0) is 12.5. The van der Waals surface area contributed by atoms with Crippen LogP contribution in [0.1, 0.15) is 19.3 Å². The minimum absolute atomic E-state index is 0.154. The van der Waals surface area contributed by atoms with E-state index >= 15 is 0 Å². The zero-order valence-electron chi connectivity index (χ0n) is 11.4. The summed E-state index contributed by atoms with van der Waals surface area (Å²) in [6.45, 7) is 6.73. The van der Waals surface area contributed by atoms with Crippen LogP contribution in [0.2, 0.25) is 0 Å². The van der Waals surface area contributed by atoms with Gasteiger partial charge in [-0.2, -0.15) is 0 Å². The van der Waals surface area contributed by atoms with Crippen molar-refractivity contribution in [2.45, 2.75) is 19.3 Å². The highest BCUT2D eigenvalue weighted by molar-refractivity contribution is 5.77. The number of nitrogens with zero attached hydrogens (tertiary/aromatic N) is 2. The molecule has 2 heterocycles. The van der Waals surface area contributed by atoms with Gasteiger partial charge in [-0.1, -0.05) is 0 Å². The quantitative estimate of drug-likeness (QED) is 0.785. The number of fused-ring (bicyclic) bond motifs is 1. The number of rotatable bonds is 4. The fourth-order valence-corrected chi connectivity index (χ4v) is 3.58. The molecule has 3 fully saturated rings. The SMILES string of the molecule is CNC(=O)CN1CC[C@H]2CN(CC3CC3)C[C@H]2C1. The number of likely N-dealkylation sites (tertiary alicyclic amines) is 2. The number of piperidine rings is 1. The van der Waals surface area contributed by atoms with E-state index in [9.17, 15) is 4.79 Å². The normalized spacial score (nSPS) is 33.4. The van der Waals surface area contributed by atoms with Gasteiger partial charge in [0.25, 0.3) is 0 Å². The van der Waals surface area contributed by atoms with Crippen LogP contribution < -0.4 is 5.32 Å². The van der Waals surface area contributed by atoms with E-state index in [1.165, 1.54) is 38.9 Å². The summed E-state index contributed by atoms with van der Waals surface area (Å²) in [6.07, 6.45) is 4.19. The Morgan fingerprint density at radius 2 is 1.83 bits per heavy atom. The summed E-state index contributed by atoms with van der Waals surface area (Å²) in [4.78, 5) is 16.4. The average molecular weight is 251 g/mol. The molecule has 1 aliphatic carbocycles. The maximum absolute atomic E-state index is 11.4. The van der Waals surface area contributed by atoms with Gasteiger partial charge in [0.2, 0.25) is 5.91 Å². The molecule has 3 rings (SSSR count). The minimum atomic E-state index is 0.154. The first-order valence-electron chi connectivity index (χ1n) is 7.40. The maximum Gasteiger partial charge on any atom is 0.233 e. The Kier molecular flexibility index (Phi) is 3.57. The molecule has 4 heteroatoms. The van der Waals surface area contributed by atoms with E-state index < -0.39 is 0 Å². The molecule has 18 heavy (non-hydrogen) atoms. The van der Waals surface area contributed by atoms with Crippen molar-refractivity contribution in [1.29, 1.82) is 0 Å². The Labute approximate surface area is 110 Å². The van der Waals surface area contributed by atoms with Crippen molar-refractivity contribution in [1.82, 2.24) is 15.1 Å². The predicted octanol–water partition coefficient (Wildman–Crippen LogP) is 0.396. The highest BCUT2D eigenvalue weighted by atomic mass is 16.1. The van der Waals surface area contributed by atoms with Crippen molar-refractivity contribution in [3.8, 4) is 0 Å². The van der Waals surface area contributed by atoms with E-state index in [1.807, 2.05) is 0 Å². The summed E-state index contributed by atoms with van der Waals surface area (Å²) >= 11 is 0. The first-order chi connectivity index (χ1) is 8.74. The van der Waals surface area contributed by atoms with Crippen LogP contribution in [0.3, 0.4) is 0 Å². The molecule has 3 aliphatic rings. The molecule has 0 aromatic rings. The molecule has 0 radical (unpaired) electrons. The molecule has 2 saturated heterocycles.